The maximum atomic E-state index is 14.6. The van der Waals surface area contributed by atoms with Crippen LogP contribution in [0.25, 0.3) is 11.0 Å². The van der Waals surface area contributed by atoms with Gasteiger partial charge in [0.05, 0.1) is 30.1 Å². The Labute approximate surface area is 253 Å². The number of benzene rings is 1. The zero-order valence-electron chi connectivity index (χ0n) is 23.6. The third kappa shape index (κ3) is 5.40. The number of aliphatic hydroxyl groups is 1. The molecule has 2 aromatic rings. The Kier molecular flexibility index (Phi) is 9.44. The summed E-state index contributed by atoms with van der Waals surface area (Å²) in [4.78, 5) is 45.1. The van der Waals surface area contributed by atoms with Crippen molar-refractivity contribution >= 4 is 44.7 Å². The summed E-state index contributed by atoms with van der Waals surface area (Å²) in [6.07, 6.45) is 6.48. The predicted octanol–water partition coefficient (Wildman–Crippen LogP) is 2.82. The lowest BCUT2D eigenvalue weighted by atomic mass is 9.70. The highest BCUT2D eigenvalue weighted by Gasteiger charge is 2.77. The molecule has 1 aromatic carbocycles. The van der Waals surface area contributed by atoms with E-state index in [9.17, 15) is 19.5 Å². The molecule has 12 heteroatoms. The van der Waals surface area contributed by atoms with Crippen molar-refractivity contribution in [3.05, 3.63) is 49.6 Å². The van der Waals surface area contributed by atoms with Crippen LogP contribution in [0.4, 0.5) is 0 Å². The minimum absolute atomic E-state index is 0.0532. The standard InChI is InChI=1S/C30H38BrN5O6/c1-3-5-11-17-41-29(40)23-24-27(38)35(15-9-6-10-16-37)26(30(24)18-20(31)25(23)42-30)28(39)34(14-4-2)19-36-22-13-8-7-12-21(22)32-33-36/h3-4,7-8,12-13,20,23-26,37H,1-2,5-6,9-11,14-19H2/t20?,23-,24+,25-,26?,30?/m1/s1. The molecule has 6 atom stereocenters. The van der Waals surface area contributed by atoms with Crippen LogP contribution in [0, 0.1) is 11.8 Å². The number of carbonyl (C=O) groups excluding carboxylic acids is 3. The van der Waals surface area contributed by atoms with Crippen LogP contribution in [0.2, 0.25) is 0 Å². The monoisotopic (exact) mass is 643 g/mol. The van der Waals surface area contributed by atoms with Crippen molar-refractivity contribution in [1.82, 2.24) is 24.8 Å². The molecule has 42 heavy (non-hydrogen) atoms. The summed E-state index contributed by atoms with van der Waals surface area (Å²) in [6.45, 7) is 8.46. The zero-order chi connectivity index (χ0) is 29.9. The molecule has 3 aliphatic heterocycles. The molecular formula is C30H38BrN5O6. The number of rotatable bonds is 15. The Morgan fingerprint density at radius 2 is 2.02 bits per heavy atom. The quantitative estimate of drug-likeness (QED) is 0.136. The number of unbranched alkanes of at least 4 members (excludes halogenated alkanes) is 3. The van der Waals surface area contributed by atoms with Gasteiger partial charge in [0.2, 0.25) is 11.8 Å². The van der Waals surface area contributed by atoms with Crippen LogP contribution in [0.3, 0.4) is 0 Å². The lowest BCUT2D eigenvalue weighted by molar-refractivity contribution is -0.155. The summed E-state index contributed by atoms with van der Waals surface area (Å²) in [5, 5.41) is 17.8. The Morgan fingerprint density at radius 3 is 2.79 bits per heavy atom. The molecule has 3 fully saturated rings. The van der Waals surface area contributed by atoms with Gasteiger partial charge in [0, 0.05) is 24.5 Å². The second-order valence-electron chi connectivity index (χ2n) is 11.1. The van der Waals surface area contributed by atoms with Gasteiger partial charge in [0.25, 0.3) is 0 Å². The highest BCUT2D eigenvalue weighted by atomic mass is 79.9. The molecule has 0 saturated carbocycles. The lowest BCUT2D eigenvalue weighted by Gasteiger charge is -2.37. The van der Waals surface area contributed by atoms with Gasteiger partial charge >= 0.3 is 5.97 Å². The molecule has 4 heterocycles. The van der Waals surface area contributed by atoms with Gasteiger partial charge in [0.1, 0.15) is 23.8 Å². The third-order valence-electron chi connectivity index (χ3n) is 8.54. The normalized spacial score (nSPS) is 27.8. The summed E-state index contributed by atoms with van der Waals surface area (Å²) in [6, 6.07) is 6.55. The van der Waals surface area contributed by atoms with Gasteiger partial charge < -0.3 is 24.4 Å². The number of carbonyl (C=O) groups is 3. The molecule has 2 amide bonds. The Balaban J connectivity index is 1.47. The van der Waals surface area contributed by atoms with E-state index in [2.05, 4.69) is 39.4 Å². The van der Waals surface area contributed by atoms with Crippen molar-refractivity contribution in [2.75, 3.05) is 26.3 Å². The number of fused-ring (bicyclic) bond motifs is 2. The predicted molar refractivity (Wildman–Crippen MR) is 158 cm³/mol. The van der Waals surface area contributed by atoms with Crippen LogP contribution >= 0.6 is 15.9 Å². The number of aromatic nitrogens is 3. The maximum Gasteiger partial charge on any atom is 0.312 e. The number of nitrogens with zero attached hydrogens (tertiary/aromatic N) is 5. The number of alkyl halides is 1. The van der Waals surface area contributed by atoms with Gasteiger partial charge in [-0.15, -0.1) is 18.3 Å². The van der Waals surface area contributed by atoms with Gasteiger partial charge in [-0.3, -0.25) is 14.4 Å². The number of allylic oxidation sites excluding steroid dienone is 1. The minimum atomic E-state index is -1.18. The smallest absolute Gasteiger partial charge is 0.312 e. The van der Waals surface area contributed by atoms with Gasteiger partial charge in [-0.25, -0.2) is 4.68 Å². The lowest BCUT2D eigenvalue weighted by Crippen LogP contribution is -2.57. The average Bonchev–Trinajstić information content (AvgIpc) is 3.70. The fourth-order valence-electron chi connectivity index (χ4n) is 6.72. The largest absolute Gasteiger partial charge is 0.465 e. The van der Waals surface area contributed by atoms with Crippen molar-refractivity contribution in [1.29, 1.82) is 0 Å². The van der Waals surface area contributed by atoms with E-state index < -0.39 is 35.6 Å². The Hall–Kier alpha value is -3.09. The first-order valence-electron chi connectivity index (χ1n) is 14.6. The van der Waals surface area contributed by atoms with Crippen LogP contribution in [0.15, 0.2) is 49.6 Å². The molecule has 1 aromatic heterocycles. The first-order valence-corrected chi connectivity index (χ1v) is 15.5. The molecule has 2 bridgehead atoms. The molecule has 3 aliphatic rings. The van der Waals surface area contributed by atoms with Crippen LogP contribution < -0.4 is 0 Å². The van der Waals surface area contributed by atoms with Crippen molar-refractivity contribution in [3.8, 4) is 0 Å². The molecule has 1 N–H and O–H groups in total. The van der Waals surface area contributed by atoms with E-state index >= 15 is 0 Å². The molecule has 0 aliphatic carbocycles. The minimum Gasteiger partial charge on any atom is -0.465 e. The Bertz CT molecular complexity index is 1330. The van der Waals surface area contributed by atoms with E-state index in [-0.39, 0.29) is 43.1 Å². The number of ether oxygens (including phenoxy) is 2. The fourth-order valence-corrected chi connectivity index (χ4v) is 7.66. The van der Waals surface area contributed by atoms with Crippen LogP contribution in [0.5, 0.6) is 0 Å². The summed E-state index contributed by atoms with van der Waals surface area (Å²) < 4.78 is 13.8. The number of halogens is 1. The van der Waals surface area contributed by atoms with Crippen molar-refractivity contribution in [3.63, 3.8) is 0 Å². The van der Waals surface area contributed by atoms with E-state index in [1.807, 2.05) is 24.3 Å². The van der Waals surface area contributed by atoms with Gasteiger partial charge in [-0.2, -0.15) is 0 Å². The van der Waals surface area contributed by atoms with E-state index in [1.54, 1.807) is 26.6 Å². The SMILES string of the molecule is C=CCCCOC(=O)[C@H]1[C@@H]2OC3(CC2Br)C(C(=O)N(CC=C)Cn2nnc4ccccc42)N(CCCCCO)C(=O)[C@H]13. The molecule has 3 saturated heterocycles. The van der Waals surface area contributed by atoms with Gasteiger partial charge in [0.15, 0.2) is 0 Å². The van der Waals surface area contributed by atoms with E-state index in [4.69, 9.17) is 9.47 Å². The van der Waals surface area contributed by atoms with E-state index in [1.165, 1.54) is 0 Å². The number of likely N-dealkylation sites (tertiary alicyclic amines) is 1. The fraction of sp³-hybridized carbons (Fsp3) is 0.567. The van der Waals surface area contributed by atoms with Gasteiger partial charge in [-0.1, -0.05) is 45.4 Å². The van der Waals surface area contributed by atoms with Crippen molar-refractivity contribution in [2.24, 2.45) is 11.8 Å². The first-order chi connectivity index (χ1) is 20.4. The second kappa shape index (κ2) is 13.0. The van der Waals surface area contributed by atoms with Crippen molar-refractivity contribution < 1.29 is 29.0 Å². The van der Waals surface area contributed by atoms with Crippen LogP contribution in [-0.4, -0.2) is 96.6 Å². The molecule has 226 valence electrons. The van der Waals surface area contributed by atoms with E-state index in [0.29, 0.717) is 50.6 Å². The molecule has 11 nitrogen and oxygen atoms in total. The number of hydrogen-bond donors (Lipinski definition) is 1. The molecule has 3 unspecified atom stereocenters. The highest BCUT2D eigenvalue weighted by molar-refractivity contribution is 9.09. The Morgan fingerprint density at radius 1 is 1.21 bits per heavy atom. The second-order valence-corrected chi connectivity index (χ2v) is 12.3. The topological polar surface area (TPSA) is 127 Å². The summed E-state index contributed by atoms with van der Waals surface area (Å²) in [5.74, 6) is -2.68. The van der Waals surface area contributed by atoms with E-state index in [0.717, 1.165) is 5.52 Å². The summed E-state index contributed by atoms with van der Waals surface area (Å²) in [7, 11) is 0. The molecule has 1 spiro atoms. The van der Waals surface area contributed by atoms with Crippen LogP contribution in [-0.2, 0) is 30.5 Å². The summed E-state index contributed by atoms with van der Waals surface area (Å²) in [5.41, 5.74) is 0.299. The number of aliphatic hydroxyl groups excluding tert-OH is 1. The maximum absolute atomic E-state index is 14.6. The number of para-hydroxylation sites is 1. The summed E-state index contributed by atoms with van der Waals surface area (Å²) >= 11 is 3.69. The average molecular weight is 645 g/mol. The third-order valence-corrected chi connectivity index (χ3v) is 9.38. The van der Waals surface area contributed by atoms with Crippen LogP contribution in [0.1, 0.15) is 38.5 Å². The highest BCUT2D eigenvalue weighted by Crippen LogP contribution is 2.60. The first kappa shape index (κ1) is 30.4. The zero-order valence-corrected chi connectivity index (χ0v) is 25.2. The number of amides is 2. The molecule has 0 radical (unpaired) electrons. The van der Waals surface area contributed by atoms with Gasteiger partial charge in [-0.05, 0) is 50.7 Å². The number of esters is 1. The molecule has 5 rings (SSSR count). The number of hydrogen-bond acceptors (Lipinski definition) is 8. The van der Waals surface area contributed by atoms with Crippen molar-refractivity contribution in [2.45, 2.75) is 67.8 Å². The molecular weight excluding hydrogens is 606 g/mol.